The molecular formula is C13H21NS. The molecule has 0 aromatic rings. The minimum absolute atomic E-state index is 0.426. The van der Waals surface area contributed by atoms with Crippen molar-refractivity contribution in [2.75, 3.05) is 5.75 Å². The fourth-order valence-corrected chi connectivity index (χ4v) is 3.25. The minimum Gasteiger partial charge on any atom is -0.198 e. The summed E-state index contributed by atoms with van der Waals surface area (Å²) < 4.78 is 0.426. The molecule has 0 aliphatic heterocycles. The number of nitrogens with zero attached hydrogens (tertiary/aromatic N) is 1. The molecule has 0 aromatic carbocycles. The highest BCUT2D eigenvalue weighted by Crippen LogP contribution is 2.42. The van der Waals surface area contributed by atoms with Crippen LogP contribution in [0.5, 0.6) is 0 Å². The molecule has 15 heavy (non-hydrogen) atoms. The Balaban J connectivity index is 2.41. The SMILES string of the molecule is CC(C)=C1CCC(C)(SCCC#N)CC1. The van der Waals surface area contributed by atoms with Gasteiger partial charge in [0.2, 0.25) is 0 Å². The highest BCUT2D eigenvalue weighted by molar-refractivity contribution is 8.00. The first-order valence-electron chi connectivity index (χ1n) is 5.73. The van der Waals surface area contributed by atoms with Crippen LogP contribution >= 0.6 is 11.8 Å². The van der Waals surface area contributed by atoms with Crippen molar-refractivity contribution < 1.29 is 0 Å². The summed E-state index contributed by atoms with van der Waals surface area (Å²) in [5.41, 5.74) is 3.17. The van der Waals surface area contributed by atoms with Crippen molar-refractivity contribution in [2.45, 2.75) is 57.6 Å². The van der Waals surface area contributed by atoms with Gasteiger partial charge in [0.05, 0.1) is 6.07 Å². The number of rotatable bonds is 3. The predicted molar refractivity (Wildman–Crippen MR) is 67.9 cm³/mol. The molecule has 2 heteroatoms. The Labute approximate surface area is 97.9 Å². The van der Waals surface area contributed by atoms with Crippen molar-refractivity contribution >= 4 is 11.8 Å². The first-order chi connectivity index (χ1) is 7.07. The number of hydrogen-bond donors (Lipinski definition) is 0. The first kappa shape index (κ1) is 12.6. The fourth-order valence-electron chi connectivity index (χ4n) is 2.07. The summed E-state index contributed by atoms with van der Waals surface area (Å²) in [6.45, 7) is 6.80. The summed E-state index contributed by atoms with van der Waals surface area (Å²) in [5.74, 6) is 0.997. The van der Waals surface area contributed by atoms with E-state index in [4.69, 9.17) is 5.26 Å². The minimum atomic E-state index is 0.426. The summed E-state index contributed by atoms with van der Waals surface area (Å²) in [6, 6.07) is 2.22. The Kier molecular flexibility index (Phi) is 4.73. The van der Waals surface area contributed by atoms with E-state index in [1.165, 1.54) is 31.3 Å². The lowest BCUT2D eigenvalue weighted by atomic mass is 9.84. The van der Waals surface area contributed by atoms with Crippen LogP contribution in [0.1, 0.15) is 52.9 Å². The van der Waals surface area contributed by atoms with Crippen LogP contribution < -0.4 is 0 Å². The summed E-state index contributed by atoms with van der Waals surface area (Å²) in [4.78, 5) is 0. The molecule has 0 heterocycles. The van der Waals surface area contributed by atoms with E-state index < -0.39 is 0 Å². The van der Waals surface area contributed by atoms with Crippen LogP contribution in [0.4, 0.5) is 0 Å². The van der Waals surface area contributed by atoms with Gasteiger partial charge in [-0.3, -0.25) is 0 Å². The van der Waals surface area contributed by atoms with Gasteiger partial charge in [0.25, 0.3) is 0 Å². The molecule has 1 fully saturated rings. The zero-order valence-corrected chi connectivity index (χ0v) is 10.9. The van der Waals surface area contributed by atoms with E-state index in [0.717, 1.165) is 5.75 Å². The number of thioether (sulfide) groups is 1. The van der Waals surface area contributed by atoms with Gasteiger partial charge >= 0.3 is 0 Å². The largest absolute Gasteiger partial charge is 0.198 e. The maximum absolute atomic E-state index is 8.52. The van der Waals surface area contributed by atoms with Crippen LogP contribution in [0.25, 0.3) is 0 Å². The molecule has 1 nitrogen and oxygen atoms in total. The van der Waals surface area contributed by atoms with Gasteiger partial charge in [0.1, 0.15) is 0 Å². The predicted octanol–water partition coefficient (Wildman–Crippen LogP) is 4.30. The Morgan fingerprint density at radius 3 is 2.47 bits per heavy atom. The topological polar surface area (TPSA) is 23.8 Å². The van der Waals surface area contributed by atoms with Crippen molar-refractivity contribution in [2.24, 2.45) is 0 Å². The third kappa shape index (κ3) is 3.91. The first-order valence-corrected chi connectivity index (χ1v) is 6.72. The van der Waals surface area contributed by atoms with Crippen molar-refractivity contribution in [3.8, 4) is 6.07 Å². The second-order valence-electron chi connectivity index (χ2n) is 4.81. The van der Waals surface area contributed by atoms with Gasteiger partial charge < -0.3 is 0 Å². The number of hydrogen-bond acceptors (Lipinski definition) is 2. The van der Waals surface area contributed by atoms with Gasteiger partial charge in [0.15, 0.2) is 0 Å². The quantitative estimate of drug-likeness (QED) is 0.526. The van der Waals surface area contributed by atoms with E-state index in [1.807, 2.05) is 11.8 Å². The van der Waals surface area contributed by atoms with E-state index in [0.29, 0.717) is 11.2 Å². The van der Waals surface area contributed by atoms with Crippen molar-refractivity contribution in [3.63, 3.8) is 0 Å². The zero-order chi connectivity index (χ0) is 11.3. The zero-order valence-electron chi connectivity index (χ0n) is 10.1. The standard InChI is InChI=1S/C13H21NS/c1-11(2)12-5-7-13(3,8-6-12)15-10-4-9-14/h4-8,10H2,1-3H3. The Hall–Kier alpha value is -0.420. The molecule has 0 atom stereocenters. The van der Waals surface area contributed by atoms with Gasteiger partial charge in [-0.25, -0.2) is 0 Å². The van der Waals surface area contributed by atoms with E-state index in [2.05, 4.69) is 26.8 Å². The third-order valence-electron chi connectivity index (χ3n) is 3.28. The van der Waals surface area contributed by atoms with Crippen LogP contribution in [0.2, 0.25) is 0 Å². The maximum Gasteiger partial charge on any atom is 0.0630 e. The number of allylic oxidation sites excluding steroid dienone is 2. The average Bonchev–Trinajstić information content (AvgIpc) is 2.18. The van der Waals surface area contributed by atoms with Gasteiger partial charge in [-0.05, 0) is 39.5 Å². The van der Waals surface area contributed by atoms with Gasteiger partial charge in [-0.1, -0.05) is 18.1 Å². The molecule has 84 valence electrons. The molecular weight excluding hydrogens is 202 g/mol. The van der Waals surface area contributed by atoms with Gasteiger partial charge in [-0.2, -0.15) is 17.0 Å². The highest BCUT2D eigenvalue weighted by Gasteiger charge is 2.28. The van der Waals surface area contributed by atoms with Crippen LogP contribution in [-0.2, 0) is 0 Å². The molecule has 0 spiro atoms. The summed E-state index contributed by atoms with van der Waals surface area (Å²) in [5, 5.41) is 8.52. The van der Waals surface area contributed by atoms with Crippen molar-refractivity contribution in [1.29, 1.82) is 5.26 Å². The van der Waals surface area contributed by atoms with Crippen molar-refractivity contribution in [1.82, 2.24) is 0 Å². The summed E-state index contributed by atoms with van der Waals surface area (Å²) in [7, 11) is 0. The monoisotopic (exact) mass is 223 g/mol. The highest BCUT2D eigenvalue weighted by atomic mass is 32.2. The van der Waals surface area contributed by atoms with Crippen LogP contribution in [0.15, 0.2) is 11.1 Å². The molecule has 1 aliphatic carbocycles. The molecule has 1 rings (SSSR count). The second kappa shape index (κ2) is 5.61. The smallest absolute Gasteiger partial charge is 0.0630 e. The number of nitriles is 1. The summed E-state index contributed by atoms with van der Waals surface area (Å²) in [6.07, 6.45) is 5.78. The molecule has 1 aliphatic rings. The Morgan fingerprint density at radius 2 is 2.00 bits per heavy atom. The lowest BCUT2D eigenvalue weighted by molar-refractivity contribution is 0.485. The molecule has 0 N–H and O–H groups in total. The van der Waals surface area contributed by atoms with E-state index in [9.17, 15) is 0 Å². The van der Waals surface area contributed by atoms with Crippen LogP contribution in [0.3, 0.4) is 0 Å². The lowest BCUT2D eigenvalue weighted by Gasteiger charge is -2.34. The summed E-state index contributed by atoms with van der Waals surface area (Å²) >= 11 is 1.99. The third-order valence-corrected chi connectivity index (χ3v) is 4.80. The molecule has 1 saturated carbocycles. The maximum atomic E-state index is 8.52. The molecule has 0 saturated heterocycles. The van der Waals surface area contributed by atoms with Gasteiger partial charge in [0, 0.05) is 16.9 Å². The second-order valence-corrected chi connectivity index (χ2v) is 6.49. The molecule has 0 bridgehead atoms. The molecule has 0 amide bonds. The Bertz CT molecular complexity index is 271. The van der Waals surface area contributed by atoms with Gasteiger partial charge in [-0.15, -0.1) is 0 Å². The normalized spacial score (nSPS) is 26.1. The van der Waals surface area contributed by atoms with E-state index >= 15 is 0 Å². The van der Waals surface area contributed by atoms with Crippen LogP contribution in [-0.4, -0.2) is 10.5 Å². The van der Waals surface area contributed by atoms with E-state index in [1.54, 1.807) is 5.57 Å². The van der Waals surface area contributed by atoms with E-state index in [-0.39, 0.29) is 0 Å². The molecule has 0 aromatic heterocycles. The molecule has 0 radical (unpaired) electrons. The lowest BCUT2D eigenvalue weighted by Crippen LogP contribution is -2.25. The van der Waals surface area contributed by atoms with Crippen molar-refractivity contribution in [3.05, 3.63) is 11.1 Å². The average molecular weight is 223 g/mol. The molecule has 0 unspecified atom stereocenters. The fraction of sp³-hybridized carbons (Fsp3) is 0.769. The Morgan fingerprint density at radius 1 is 1.40 bits per heavy atom. The van der Waals surface area contributed by atoms with Crippen LogP contribution in [0, 0.1) is 11.3 Å².